The molecule has 0 atom stereocenters. The van der Waals surface area contributed by atoms with Gasteiger partial charge in [0.25, 0.3) is 0 Å². The van der Waals surface area contributed by atoms with Gasteiger partial charge < -0.3 is 0 Å². The molecule has 52 valence electrons. The van der Waals surface area contributed by atoms with Crippen molar-refractivity contribution in [3.8, 4) is 12.1 Å². The van der Waals surface area contributed by atoms with Crippen LogP contribution in [-0.4, -0.2) is 5.33 Å². The minimum Gasteiger partial charge on any atom is -0.197 e. The molecule has 0 aromatic rings. The number of hydrogen-bond donors (Lipinski definition) is 0. The summed E-state index contributed by atoms with van der Waals surface area (Å²) in [6.45, 7) is 1.82. The van der Waals surface area contributed by atoms with Crippen molar-refractivity contribution in [2.75, 3.05) is 5.33 Å². The monoisotopic (exact) mass is 198 g/mol. The maximum absolute atomic E-state index is 8.42. The van der Waals surface area contributed by atoms with Gasteiger partial charge in [-0.05, 0) is 12.5 Å². The van der Waals surface area contributed by atoms with Crippen LogP contribution < -0.4 is 0 Å². The third kappa shape index (κ3) is 2.21. The molecule has 3 heteroatoms. The van der Waals surface area contributed by atoms with Gasteiger partial charge in [0, 0.05) is 5.33 Å². The second kappa shape index (κ2) is 5.02. The zero-order chi connectivity index (χ0) is 7.98. The molecule has 0 spiro atoms. The molecule has 0 saturated carbocycles. The summed E-state index contributed by atoms with van der Waals surface area (Å²) >= 11 is 3.19. The first-order valence-corrected chi connectivity index (χ1v) is 3.92. The molecular weight excluding hydrogens is 192 g/mol. The van der Waals surface area contributed by atoms with Crippen molar-refractivity contribution in [2.45, 2.75) is 6.92 Å². The molecule has 0 rings (SSSR count). The van der Waals surface area contributed by atoms with Gasteiger partial charge in [-0.25, -0.2) is 0 Å². The molecule has 0 unspecified atom stereocenters. The highest BCUT2D eigenvalue weighted by Gasteiger charge is 2.08. The van der Waals surface area contributed by atoms with E-state index in [1.807, 2.05) is 19.1 Å². The van der Waals surface area contributed by atoms with Crippen molar-refractivity contribution in [1.82, 2.24) is 0 Å². The van der Waals surface area contributed by atoms with E-state index in [0.29, 0.717) is 5.33 Å². The van der Waals surface area contributed by atoms with Gasteiger partial charge in [-0.1, -0.05) is 22.0 Å². The van der Waals surface area contributed by atoms with Crippen LogP contribution in [0.4, 0.5) is 0 Å². The number of rotatable bonds is 2. The van der Waals surface area contributed by atoms with Crippen LogP contribution in [0.15, 0.2) is 11.6 Å². The van der Waals surface area contributed by atoms with Gasteiger partial charge >= 0.3 is 0 Å². The van der Waals surface area contributed by atoms with Gasteiger partial charge in [-0.2, -0.15) is 10.5 Å². The molecule has 0 aromatic carbocycles. The minimum atomic E-state index is -0.593. The Labute approximate surface area is 68.9 Å². The van der Waals surface area contributed by atoms with E-state index in [-0.39, 0.29) is 0 Å². The fraction of sp³-hybridized carbons (Fsp3) is 0.429. The van der Waals surface area contributed by atoms with Crippen molar-refractivity contribution in [3.63, 3.8) is 0 Å². The predicted molar refractivity (Wildman–Crippen MR) is 42.3 cm³/mol. The molecule has 0 aliphatic heterocycles. The Morgan fingerprint density at radius 2 is 2.10 bits per heavy atom. The van der Waals surface area contributed by atoms with Crippen molar-refractivity contribution < 1.29 is 0 Å². The highest BCUT2D eigenvalue weighted by atomic mass is 79.9. The molecule has 0 bridgehead atoms. The topological polar surface area (TPSA) is 47.6 Å². The molecule has 0 amide bonds. The van der Waals surface area contributed by atoms with Crippen LogP contribution in [0.3, 0.4) is 0 Å². The lowest BCUT2D eigenvalue weighted by Crippen LogP contribution is -1.98. The Balaban J connectivity index is 4.34. The third-order valence-corrected chi connectivity index (χ3v) is 1.80. The first-order chi connectivity index (χ1) is 4.79. The molecule has 0 saturated heterocycles. The van der Waals surface area contributed by atoms with Gasteiger partial charge in [-0.15, -0.1) is 0 Å². The Hall–Kier alpha value is -0.800. The van der Waals surface area contributed by atoms with Crippen LogP contribution in [0, 0.1) is 28.6 Å². The van der Waals surface area contributed by atoms with E-state index >= 15 is 0 Å². The molecule has 0 aliphatic carbocycles. The smallest absolute Gasteiger partial charge is 0.155 e. The largest absolute Gasteiger partial charge is 0.197 e. The SMILES string of the molecule is C/C=C(\CBr)C(C#N)C#N. The summed E-state index contributed by atoms with van der Waals surface area (Å²) in [6, 6.07) is 3.79. The normalized spacial score (nSPS) is 10.7. The Morgan fingerprint density at radius 1 is 1.60 bits per heavy atom. The van der Waals surface area contributed by atoms with Crippen LogP contribution in [0.5, 0.6) is 0 Å². The maximum Gasteiger partial charge on any atom is 0.155 e. The van der Waals surface area contributed by atoms with E-state index < -0.39 is 5.92 Å². The first kappa shape index (κ1) is 9.20. The molecule has 0 N–H and O–H groups in total. The Bertz CT molecular complexity index is 193. The molecule has 10 heavy (non-hydrogen) atoms. The standard InChI is InChI=1S/C7H7BrN2/c1-2-6(3-8)7(4-9)5-10/h2,7H,3H2,1H3/b6-2+. The van der Waals surface area contributed by atoms with Gasteiger partial charge in [0.1, 0.15) is 0 Å². The van der Waals surface area contributed by atoms with Crippen LogP contribution in [-0.2, 0) is 0 Å². The number of alkyl halides is 1. The van der Waals surface area contributed by atoms with Gasteiger partial charge in [0.15, 0.2) is 5.92 Å². The molecule has 0 radical (unpaired) electrons. The van der Waals surface area contributed by atoms with Crippen LogP contribution >= 0.6 is 15.9 Å². The Morgan fingerprint density at radius 3 is 2.20 bits per heavy atom. The maximum atomic E-state index is 8.42. The lowest BCUT2D eigenvalue weighted by molar-refractivity contribution is 0.999. The summed E-state index contributed by atoms with van der Waals surface area (Å²) in [4.78, 5) is 0. The number of nitriles is 2. The molecule has 0 aliphatic rings. The van der Waals surface area contributed by atoms with Crippen molar-refractivity contribution in [3.05, 3.63) is 11.6 Å². The summed E-state index contributed by atoms with van der Waals surface area (Å²) in [5.74, 6) is -0.593. The molecule has 0 aromatic heterocycles. The van der Waals surface area contributed by atoms with E-state index in [0.717, 1.165) is 5.57 Å². The van der Waals surface area contributed by atoms with Crippen molar-refractivity contribution in [2.24, 2.45) is 5.92 Å². The van der Waals surface area contributed by atoms with E-state index in [4.69, 9.17) is 10.5 Å². The Kier molecular flexibility index (Phi) is 4.62. The number of allylic oxidation sites excluding steroid dienone is 2. The molecule has 0 heterocycles. The van der Waals surface area contributed by atoms with Crippen molar-refractivity contribution >= 4 is 15.9 Å². The summed E-state index contributed by atoms with van der Waals surface area (Å²) in [5, 5.41) is 17.4. The number of hydrogen-bond acceptors (Lipinski definition) is 2. The highest BCUT2D eigenvalue weighted by Crippen LogP contribution is 2.11. The van der Waals surface area contributed by atoms with Gasteiger partial charge in [0.2, 0.25) is 0 Å². The van der Waals surface area contributed by atoms with E-state index in [1.165, 1.54) is 0 Å². The van der Waals surface area contributed by atoms with Gasteiger partial charge in [0.05, 0.1) is 12.1 Å². The van der Waals surface area contributed by atoms with Crippen LogP contribution in [0.1, 0.15) is 6.92 Å². The third-order valence-electron chi connectivity index (χ3n) is 1.15. The lowest BCUT2D eigenvalue weighted by atomic mass is 10.0. The second-order valence-corrected chi connectivity index (χ2v) is 2.25. The van der Waals surface area contributed by atoms with E-state index in [2.05, 4.69) is 15.9 Å². The molecule has 2 nitrogen and oxygen atoms in total. The summed E-state index contributed by atoms with van der Waals surface area (Å²) in [6.07, 6.45) is 1.78. The fourth-order valence-electron chi connectivity index (χ4n) is 0.516. The van der Waals surface area contributed by atoms with Crippen LogP contribution in [0.25, 0.3) is 0 Å². The second-order valence-electron chi connectivity index (χ2n) is 1.69. The van der Waals surface area contributed by atoms with Crippen LogP contribution in [0.2, 0.25) is 0 Å². The minimum absolute atomic E-state index is 0.593. The lowest BCUT2D eigenvalue weighted by Gasteiger charge is -1.99. The number of halogens is 1. The molecular formula is C7H7BrN2. The predicted octanol–water partition coefficient (Wildman–Crippen LogP) is 1.99. The molecule has 0 fully saturated rings. The van der Waals surface area contributed by atoms with Crippen molar-refractivity contribution in [1.29, 1.82) is 10.5 Å². The van der Waals surface area contributed by atoms with E-state index in [9.17, 15) is 0 Å². The number of nitrogens with zero attached hydrogens (tertiary/aromatic N) is 2. The fourth-order valence-corrected chi connectivity index (χ4v) is 1.16. The highest BCUT2D eigenvalue weighted by molar-refractivity contribution is 9.09. The average Bonchev–Trinajstić information content (AvgIpc) is 2.00. The average molecular weight is 199 g/mol. The summed E-state index contributed by atoms with van der Waals surface area (Å²) in [7, 11) is 0. The zero-order valence-corrected chi connectivity index (χ0v) is 7.22. The van der Waals surface area contributed by atoms with Gasteiger partial charge in [-0.3, -0.25) is 0 Å². The first-order valence-electron chi connectivity index (χ1n) is 2.80. The summed E-state index contributed by atoms with van der Waals surface area (Å²) < 4.78 is 0. The van der Waals surface area contributed by atoms with E-state index in [1.54, 1.807) is 6.08 Å². The zero-order valence-electron chi connectivity index (χ0n) is 5.63. The summed E-state index contributed by atoms with van der Waals surface area (Å²) in [5.41, 5.74) is 0.824. The quantitative estimate of drug-likeness (QED) is 0.504.